The van der Waals surface area contributed by atoms with Gasteiger partial charge in [-0.15, -0.1) is 0 Å². The molecule has 2 rings (SSSR count). The molecule has 1 unspecified atom stereocenters. The van der Waals surface area contributed by atoms with Crippen LogP contribution in [0.3, 0.4) is 0 Å². The number of nitrogens with one attached hydrogen (secondary N) is 2. The molecule has 2 N–H and O–H groups in total. The van der Waals surface area contributed by atoms with Gasteiger partial charge in [0.2, 0.25) is 0 Å². The molecule has 0 aliphatic carbocycles. The predicted octanol–water partition coefficient (Wildman–Crippen LogP) is 5.30. The molecule has 0 aliphatic heterocycles. The molecular formula is C15H12Br3IN2O. The van der Waals surface area contributed by atoms with Crippen LogP contribution in [0.1, 0.15) is 10.4 Å². The third kappa shape index (κ3) is 5.50. The summed E-state index contributed by atoms with van der Waals surface area (Å²) >= 11 is 12.7. The van der Waals surface area contributed by atoms with E-state index in [9.17, 15) is 4.79 Å². The fourth-order valence-electron chi connectivity index (χ4n) is 1.72. The molecular weight excluding hydrogens is 591 g/mol. The molecule has 22 heavy (non-hydrogen) atoms. The Balaban J connectivity index is 2.13. The Bertz CT molecular complexity index is 629. The van der Waals surface area contributed by atoms with Crippen LogP contribution in [-0.2, 0) is 0 Å². The fraction of sp³-hybridized carbons (Fsp3) is 0.133. The molecule has 0 aliphatic rings. The summed E-state index contributed by atoms with van der Waals surface area (Å²) < 4.78 is 0.469. The van der Waals surface area contributed by atoms with Gasteiger partial charge in [-0.3, -0.25) is 4.79 Å². The highest BCUT2D eigenvalue weighted by Crippen LogP contribution is 2.37. The Labute approximate surface area is 168 Å². The monoisotopic (exact) mass is 600 g/mol. The molecule has 0 saturated heterocycles. The van der Waals surface area contributed by atoms with Crippen molar-refractivity contribution in [1.29, 1.82) is 0 Å². The second-order valence-corrected chi connectivity index (χ2v) is 12.7. The molecule has 3 nitrogen and oxygen atoms in total. The van der Waals surface area contributed by atoms with Crippen molar-refractivity contribution in [2.45, 2.75) is 8.31 Å². The SMILES string of the molecule is O=C(NC(Nc1ccc(I)cc1)C(Br)(Br)Br)c1ccccc1. The molecule has 116 valence electrons. The molecule has 1 amide bonds. The van der Waals surface area contributed by atoms with Gasteiger partial charge in [0.1, 0.15) is 6.17 Å². The van der Waals surface area contributed by atoms with E-state index in [-0.39, 0.29) is 5.91 Å². The molecule has 7 heteroatoms. The quantitative estimate of drug-likeness (QED) is 0.284. The van der Waals surface area contributed by atoms with E-state index in [0.29, 0.717) is 5.56 Å². The summed E-state index contributed by atoms with van der Waals surface area (Å²) in [6.45, 7) is 0. The second kappa shape index (κ2) is 8.12. The van der Waals surface area contributed by atoms with Crippen LogP contribution in [-0.4, -0.2) is 14.2 Å². The van der Waals surface area contributed by atoms with Crippen LogP contribution in [0.15, 0.2) is 54.6 Å². The number of halogens is 4. The van der Waals surface area contributed by atoms with E-state index in [1.165, 1.54) is 0 Å². The maximum absolute atomic E-state index is 12.3. The van der Waals surface area contributed by atoms with Crippen molar-refractivity contribution in [1.82, 2.24) is 5.32 Å². The number of hydrogen-bond donors (Lipinski definition) is 2. The molecule has 0 radical (unpaired) electrons. The first-order chi connectivity index (χ1) is 10.4. The Hall–Kier alpha value is -0.120. The van der Waals surface area contributed by atoms with Gasteiger partial charge in [-0.2, -0.15) is 0 Å². The Morgan fingerprint density at radius 1 is 1.00 bits per heavy atom. The average Bonchev–Trinajstić information content (AvgIpc) is 2.48. The topological polar surface area (TPSA) is 41.1 Å². The van der Waals surface area contributed by atoms with Crippen LogP contribution >= 0.6 is 70.4 Å². The molecule has 0 saturated carbocycles. The van der Waals surface area contributed by atoms with Crippen molar-refractivity contribution in [3.05, 3.63) is 63.7 Å². The predicted molar refractivity (Wildman–Crippen MR) is 110 cm³/mol. The number of anilines is 1. The van der Waals surface area contributed by atoms with Gasteiger partial charge >= 0.3 is 0 Å². The molecule has 0 fully saturated rings. The summed E-state index contributed by atoms with van der Waals surface area (Å²) in [7, 11) is 0. The zero-order chi connectivity index (χ0) is 16.2. The van der Waals surface area contributed by atoms with E-state index in [4.69, 9.17) is 0 Å². The van der Waals surface area contributed by atoms with Crippen LogP contribution < -0.4 is 10.6 Å². The summed E-state index contributed by atoms with van der Waals surface area (Å²) in [4.78, 5) is 12.3. The van der Waals surface area contributed by atoms with E-state index < -0.39 is 8.31 Å². The van der Waals surface area contributed by atoms with Crippen LogP contribution in [0.4, 0.5) is 5.69 Å². The normalized spacial score (nSPS) is 12.5. The number of carbonyl (C=O) groups is 1. The average molecular weight is 603 g/mol. The minimum atomic E-state index is -0.680. The van der Waals surface area contributed by atoms with Crippen molar-refractivity contribution in [2.75, 3.05) is 5.32 Å². The largest absolute Gasteiger partial charge is 0.363 e. The summed E-state index contributed by atoms with van der Waals surface area (Å²) in [5.74, 6) is -0.161. The number of benzene rings is 2. The van der Waals surface area contributed by atoms with Gasteiger partial charge < -0.3 is 10.6 Å². The molecule has 2 aromatic carbocycles. The molecule has 0 aromatic heterocycles. The third-order valence-electron chi connectivity index (χ3n) is 2.79. The Morgan fingerprint density at radius 2 is 1.59 bits per heavy atom. The van der Waals surface area contributed by atoms with Gasteiger partial charge in [-0.1, -0.05) is 66.0 Å². The number of amides is 1. The van der Waals surface area contributed by atoms with Crippen LogP contribution in [0.2, 0.25) is 0 Å². The van der Waals surface area contributed by atoms with Crippen molar-refractivity contribution in [3.63, 3.8) is 0 Å². The van der Waals surface area contributed by atoms with Crippen LogP contribution in [0.25, 0.3) is 0 Å². The van der Waals surface area contributed by atoms with Crippen molar-refractivity contribution >= 4 is 82.0 Å². The zero-order valence-electron chi connectivity index (χ0n) is 11.2. The van der Waals surface area contributed by atoms with Gasteiger partial charge in [0, 0.05) is 14.8 Å². The number of alkyl halides is 3. The molecule has 2 aromatic rings. The first-order valence-electron chi connectivity index (χ1n) is 6.31. The molecule has 0 heterocycles. The first kappa shape index (κ1) is 18.2. The minimum Gasteiger partial charge on any atom is -0.363 e. The summed E-state index contributed by atoms with van der Waals surface area (Å²) in [6, 6.07) is 17.0. The molecule has 1 atom stereocenters. The maximum Gasteiger partial charge on any atom is 0.252 e. The van der Waals surface area contributed by atoms with Gasteiger partial charge in [-0.05, 0) is 59.0 Å². The third-order valence-corrected chi connectivity index (χ3v) is 4.89. The summed E-state index contributed by atoms with van der Waals surface area (Å²) in [6.07, 6.45) is -0.416. The fourth-order valence-corrected chi connectivity index (χ4v) is 2.76. The summed E-state index contributed by atoms with van der Waals surface area (Å²) in [5, 5.41) is 6.21. The zero-order valence-corrected chi connectivity index (χ0v) is 18.1. The van der Waals surface area contributed by atoms with Crippen molar-refractivity contribution < 1.29 is 4.79 Å². The minimum absolute atomic E-state index is 0.161. The highest BCUT2D eigenvalue weighted by molar-refractivity contribution is 14.1. The van der Waals surface area contributed by atoms with Crippen molar-refractivity contribution in [3.8, 4) is 0 Å². The van der Waals surface area contributed by atoms with E-state index >= 15 is 0 Å². The van der Waals surface area contributed by atoms with Crippen molar-refractivity contribution in [2.24, 2.45) is 0 Å². The van der Waals surface area contributed by atoms with Crippen LogP contribution in [0, 0.1) is 3.57 Å². The smallest absolute Gasteiger partial charge is 0.252 e. The lowest BCUT2D eigenvalue weighted by Gasteiger charge is -2.28. The highest BCUT2D eigenvalue weighted by Gasteiger charge is 2.32. The van der Waals surface area contributed by atoms with Gasteiger partial charge in [0.15, 0.2) is 2.14 Å². The van der Waals surface area contributed by atoms with Gasteiger partial charge in [0.05, 0.1) is 0 Å². The lowest BCUT2D eigenvalue weighted by molar-refractivity contribution is 0.0943. The van der Waals surface area contributed by atoms with E-state index in [1.54, 1.807) is 12.1 Å². The highest BCUT2D eigenvalue weighted by atomic mass is 127. The molecule has 0 bridgehead atoms. The van der Waals surface area contributed by atoms with E-state index in [1.807, 2.05) is 42.5 Å². The Morgan fingerprint density at radius 3 is 2.14 bits per heavy atom. The Kier molecular flexibility index (Phi) is 6.73. The van der Waals surface area contributed by atoms with Crippen LogP contribution in [0.5, 0.6) is 0 Å². The van der Waals surface area contributed by atoms with Gasteiger partial charge in [-0.25, -0.2) is 0 Å². The summed E-state index contributed by atoms with van der Waals surface area (Å²) in [5.41, 5.74) is 1.51. The first-order valence-corrected chi connectivity index (χ1v) is 9.77. The lowest BCUT2D eigenvalue weighted by atomic mass is 10.2. The van der Waals surface area contributed by atoms with E-state index in [0.717, 1.165) is 9.26 Å². The standard InChI is InChI=1S/C15H12Br3IN2O/c16-15(17,18)14(20-12-8-6-11(19)7-9-12)21-13(22)10-4-2-1-3-5-10/h1-9,14,20H,(H,21,22). The number of carbonyl (C=O) groups excluding carboxylic acids is 1. The number of rotatable bonds is 4. The lowest BCUT2D eigenvalue weighted by Crippen LogP contribution is -2.48. The second-order valence-electron chi connectivity index (χ2n) is 4.47. The number of hydrogen-bond acceptors (Lipinski definition) is 2. The van der Waals surface area contributed by atoms with E-state index in [2.05, 4.69) is 81.0 Å². The van der Waals surface area contributed by atoms with Gasteiger partial charge in [0.25, 0.3) is 5.91 Å². The maximum atomic E-state index is 12.3. The molecule has 0 spiro atoms.